The predicted molar refractivity (Wildman–Crippen MR) is 90.9 cm³/mol. The fourth-order valence-corrected chi connectivity index (χ4v) is 3.40. The topological polar surface area (TPSA) is 63.9 Å². The van der Waals surface area contributed by atoms with Crippen molar-refractivity contribution in [2.45, 2.75) is 37.8 Å². The number of pyridine rings is 1. The molecule has 0 spiro atoms. The summed E-state index contributed by atoms with van der Waals surface area (Å²) in [5.41, 5.74) is 6.46. The summed E-state index contributed by atoms with van der Waals surface area (Å²) in [5.74, 6) is 1.21. The van der Waals surface area contributed by atoms with E-state index in [9.17, 15) is 0 Å². The van der Waals surface area contributed by atoms with E-state index >= 15 is 0 Å². The third-order valence-electron chi connectivity index (χ3n) is 5.03. The molecule has 2 fully saturated rings. The smallest absolute Gasteiger partial charge is 0.257 e. The second-order valence-electron chi connectivity index (χ2n) is 6.75. The van der Waals surface area contributed by atoms with Crippen LogP contribution in [0.5, 0.6) is 11.6 Å². The van der Waals surface area contributed by atoms with Crippen LogP contribution in [0.1, 0.15) is 25.7 Å². The maximum absolute atomic E-state index is 5.99. The van der Waals surface area contributed by atoms with E-state index in [1.54, 1.807) is 6.20 Å². The number of hydrogen-bond acceptors (Lipinski definition) is 6. The molecule has 0 radical (unpaired) electrons. The minimum absolute atomic E-state index is 0.461. The minimum Gasteiger partial charge on any atom is -0.486 e. The number of nitrogens with two attached hydrogens (primary N) is 1. The van der Waals surface area contributed by atoms with Crippen LogP contribution in [0.2, 0.25) is 0 Å². The molecule has 2 aliphatic heterocycles. The molecular formula is C17H28N4O2. The number of anilines is 1. The summed E-state index contributed by atoms with van der Waals surface area (Å²) in [4.78, 5) is 9.00. The molecule has 0 amide bonds. The van der Waals surface area contributed by atoms with E-state index in [1.807, 2.05) is 6.07 Å². The van der Waals surface area contributed by atoms with Crippen molar-refractivity contribution in [3.63, 3.8) is 0 Å². The fourth-order valence-electron chi connectivity index (χ4n) is 3.40. The summed E-state index contributed by atoms with van der Waals surface area (Å²) in [7, 11) is 4.29. The molecule has 0 saturated carbocycles. The molecule has 6 nitrogen and oxygen atoms in total. The van der Waals surface area contributed by atoms with Gasteiger partial charge in [0.05, 0.1) is 11.9 Å². The first-order valence-corrected chi connectivity index (χ1v) is 8.55. The molecule has 2 N–H and O–H groups in total. The van der Waals surface area contributed by atoms with Gasteiger partial charge in [0.25, 0.3) is 5.88 Å². The van der Waals surface area contributed by atoms with Crippen molar-refractivity contribution in [3.8, 4) is 11.6 Å². The summed E-state index contributed by atoms with van der Waals surface area (Å²) in [6, 6.07) is 2.74. The van der Waals surface area contributed by atoms with Gasteiger partial charge in [-0.3, -0.25) is 0 Å². The van der Waals surface area contributed by atoms with Crippen LogP contribution in [0.25, 0.3) is 0 Å². The molecule has 2 aliphatic rings. The van der Waals surface area contributed by atoms with Crippen LogP contribution in [0.4, 0.5) is 5.69 Å². The van der Waals surface area contributed by atoms with E-state index in [0.29, 0.717) is 42.6 Å². The van der Waals surface area contributed by atoms with E-state index in [0.717, 1.165) is 13.1 Å². The Balaban J connectivity index is 1.60. The third-order valence-corrected chi connectivity index (χ3v) is 5.03. The summed E-state index contributed by atoms with van der Waals surface area (Å²) in [6.07, 6.45) is 6.44. The quantitative estimate of drug-likeness (QED) is 0.859. The third kappa shape index (κ3) is 4.06. The number of nitrogen functional groups attached to an aromatic ring is 1. The Morgan fingerprint density at radius 3 is 2.26 bits per heavy atom. The summed E-state index contributed by atoms with van der Waals surface area (Å²) < 4.78 is 11.9. The van der Waals surface area contributed by atoms with Crippen molar-refractivity contribution in [3.05, 3.63) is 12.3 Å². The lowest BCUT2D eigenvalue weighted by Gasteiger charge is -2.22. The number of aromatic nitrogens is 1. The fraction of sp³-hybridized carbons (Fsp3) is 0.706. The normalized spacial score (nSPS) is 25.8. The molecule has 3 heterocycles. The lowest BCUT2D eigenvalue weighted by molar-refractivity contribution is 0.169. The van der Waals surface area contributed by atoms with Crippen molar-refractivity contribution >= 4 is 5.69 Å². The van der Waals surface area contributed by atoms with Gasteiger partial charge in [0.1, 0.15) is 13.2 Å². The molecule has 2 atom stereocenters. The highest BCUT2D eigenvalue weighted by molar-refractivity contribution is 5.46. The Kier molecular flexibility index (Phi) is 5.23. The molecule has 1 aromatic rings. The van der Waals surface area contributed by atoms with Gasteiger partial charge in [-0.25, -0.2) is 4.98 Å². The van der Waals surface area contributed by atoms with Gasteiger partial charge >= 0.3 is 0 Å². The van der Waals surface area contributed by atoms with Gasteiger partial charge in [-0.15, -0.1) is 0 Å². The second-order valence-corrected chi connectivity index (χ2v) is 6.75. The average Bonchev–Trinajstić information content (AvgIpc) is 3.13. The molecular weight excluding hydrogens is 292 g/mol. The van der Waals surface area contributed by atoms with Gasteiger partial charge in [-0.2, -0.15) is 0 Å². The van der Waals surface area contributed by atoms with E-state index < -0.39 is 0 Å². The number of ether oxygens (including phenoxy) is 2. The second kappa shape index (κ2) is 7.36. The van der Waals surface area contributed by atoms with Gasteiger partial charge in [0.15, 0.2) is 5.75 Å². The molecule has 6 heteroatoms. The zero-order valence-corrected chi connectivity index (χ0v) is 14.2. The van der Waals surface area contributed by atoms with Crippen molar-refractivity contribution in [1.82, 2.24) is 14.8 Å². The lowest BCUT2D eigenvalue weighted by Crippen LogP contribution is -2.31. The Bertz CT molecular complexity index is 525. The molecule has 0 aromatic carbocycles. The first-order chi connectivity index (χ1) is 11.1. The van der Waals surface area contributed by atoms with Gasteiger partial charge < -0.3 is 25.0 Å². The molecule has 1 aromatic heterocycles. The maximum Gasteiger partial charge on any atom is 0.257 e. The van der Waals surface area contributed by atoms with Crippen molar-refractivity contribution in [1.29, 1.82) is 0 Å². The number of likely N-dealkylation sites (tertiary alicyclic amines) is 2. The largest absolute Gasteiger partial charge is 0.486 e. The summed E-state index contributed by atoms with van der Waals surface area (Å²) in [6.45, 7) is 3.58. The van der Waals surface area contributed by atoms with Crippen LogP contribution >= 0.6 is 0 Å². The van der Waals surface area contributed by atoms with Crippen LogP contribution in [0.3, 0.4) is 0 Å². The highest BCUT2D eigenvalue weighted by Crippen LogP contribution is 2.28. The van der Waals surface area contributed by atoms with Crippen molar-refractivity contribution in [2.75, 3.05) is 46.1 Å². The maximum atomic E-state index is 5.99. The zero-order valence-electron chi connectivity index (χ0n) is 14.2. The Morgan fingerprint density at radius 1 is 1.09 bits per heavy atom. The number of rotatable bonds is 6. The molecule has 3 rings (SSSR count). The Morgan fingerprint density at radius 2 is 1.70 bits per heavy atom. The highest BCUT2D eigenvalue weighted by Gasteiger charge is 2.24. The molecule has 0 aliphatic carbocycles. The van der Waals surface area contributed by atoms with Gasteiger partial charge in [-0.05, 0) is 52.9 Å². The number of likely N-dealkylation sites (N-methyl/N-ethyl adjacent to an activating group) is 2. The highest BCUT2D eigenvalue weighted by atomic mass is 16.5. The zero-order chi connectivity index (χ0) is 16.2. The van der Waals surface area contributed by atoms with Crippen LogP contribution in [0, 0.1) is 0 Å². The Hall–Kier alpha value is -1.53. The number of nitrogens with zero attached hydrogens (tertiary/aromatic N) is 3. The van der Waals surface area contributed by atoms with Crippen LogP contribution in [-0.4, -0.2) is 67.3 Å². The van der Waals surface area contributed by atoms with Crippen molar-refractivity contribution < 1.29 is 9.47 Å². The minimum atomic E-state index is 0.461. The molecule has 0 bridgehead atoms. The van der Waals surface area contributed by atoms with Crippen LogP contribution in [0.15, 0.2) is 12.3 Å². The van der Waals surface area contributed by atoms with Gasteiger partial charge in [-0.1, -0.05) is 0 Å². The van der Waals surface area contributed by atoms with Crippen LogP contribution in [-0.2, 0) is 0 Å². The molecule has 0 unspecified atom stereocenters. The predicted octanol–water partition coefficient (Wildman–Crippen LogP) is 1.61. The summed E-state index contributed by atoms with van der Waals surface area (Å²) >= 11 is 0. The number of hydrogen-bond donors (Lipinski definition) is 1. The Labute approximate surface area is 138 Å². The van der Waals surface area contributed by atoms with Gasteiger partial charge in [0, 0.05) is 18.2 Å². The lowest BCUT2D eigenvalue weighted by atomic mass is 10.2. The first kappa shape index (κ1) is 16.3. The monoisotopic (exact) mass is 320 g/mol. The van der Waals surface area contributed by atoms with Gasteiger partial charge in [0.2, 0.25) is 0 Å². The molecule has 128 valence electrons. The summed E-state index contributed by atoms with van der Waals surface area (Å²) in [5, 5.41) is 0. The van der Waals surface area contributed by atoms with E-state index in [1.165, 1.54) is 25.7 Å². The van der Waals surface area contributed by atoms with E-state index in [4.69, 9.17) is 15.2 Å². The molecule has 2 saturated heterocycles. The van der Waals surface area contributed by atoms with Crippen LogP contribution < -0.4 is 15.2 Å². The van der Waals surface area contributed by atoms with E-state index in [2.05, 4.69) is 28.9 Å². The van der Waals surface area contributed by atoms with Crippen molar-refractivity contribution in [2.24, 2.45) is 0 Å². The first-order valence-electron chi connectivity index (χ1n) is 8.55. The molecule has 23 heavy (non-hydrogen) atoms. The van der Waals surface area contributed by atoms with E-state index in [-0.39, 0.29) is 0 Å². The average molecular weight is 320 g/mol. The SMILES string of the molecule is CN1CCC[C@H]1COc1cc(N)cnc1OC[C@@H]1CCCN1C. The standard InChI is InChI=1S/C17H28N4O2/c1-20-7-3-5-14(20)11-22-16-9-13(18)10-19-17(16)23-12-15-6-4-8-21(15)2/h9-10,14-15H,3-8,11-12,18H2,1-2H3/t14-,15-/m0/s1.